The second kappa shape index (κ2) is 6.85. The average molecular weight is 413 g/mol. The van der Waals surface area contributed by atoms with Gasteiger partial charge >= 0.3 is 5.97 Å². The third-order valence-electron chi connectivity index (χ3n) is 8.25. The third-order valence-corrected chi connectivity index (χ3v) is 8.25. The zero-order valence-corrected chi connectivity index (χ0v) is 17.9. The van der Waals surface area contributed by atoms with Crippen LogP contribution in [0.3, 0.4) is 0 Å². The summed E-state index contributed by atoms with van der Waals surface area (Å²) in [4.78, 5) is 11.6. The molecule has 0 aromatic heterocycles. The second-order valence-electron chi connectivity index (χ2n) is 10.2. The molecule has 0 radical (unpaired) electrons. The Bertz CT molecular complexity index is 1160. The lowest BCUT2D eigenvalue weighted by Crippen LogP contribution is -2.48. The SMILES string of the molecule is COc1ccc(-c2ccc3c(C(=O)O)cccc3c2)cc1C12CC3CC(CC(C3)C1)C2. The molecule has 4 aliphatic carbocycles. The van der Waals surface area contributed by atoms with E-state index in [4.69, 9.17) is 4.74 Å². The van der Waals surface area contributed by atoms with Gasteiger partial charge in [-0.15, -0.1) is 0 Å². The molecule has 1 N–H and O–H groups in total. The van der Waals surface area contributed by atoms with E-state index in [0.29, 0.717) is 5.56 Å². The highest BCUT2D eigenvalue weighted by Gasteiger charge is 2.52. The van der Waals surface area contributed by atoms with E-state index in [9.17, 15) is 9.90 Å². The zero-order chi connectivity index (χ0) is 21.2. The van der Waals surface area contributed by atoms with Gasteiger partial charge in [0.15, 0.2) is 0 Å². The molecule has 0 spiro atoms. The van der Waals surface area contributed by atoms with Crippen LogP contribution < -0.4 is 4.74 Å². The van der Waals surface area contributed by atoms with Gasteiger partial charge in [0.25, 0.3) is 0 Å². The highest BCUT2D eigenvalue weighted by molar-refractivity contribution is 6.04. The quantitative estimate of drug-likeness (QED) is 0.520. The Balaban J connectivity index is 1.45. The predicted octanol–water partition coefficient (Wildman–Crippen LogP) is 6.68. The number of rotatable bonds is 4. The Morgan fingerprint density at radius 1 is 0.903 bits per heavy atom. The van der Waals surface area contributed by atoms with E-state index in [2.05, 4.69) is 30.3 Å². The first-order valence-corrected chi connectivity index (χ1v) is 11.5. The van der Waals surface area contributed by atoms with Crippen LogP contribution in [0, 0.1) is 17.8 Å². The van der Waals surface area contributed by atoms with E-state index in [1.807, 2.05) is 18.2 Å². The standard InChI is InChI=1S/C28H28O3/c1-31-26-8-6-21(20-5-7-23-22(12-20)3-2-4-24(23)27(29)30)13-25(26)28-14-17-9-18(15-28)11-19(10-17)16-28/h2-8,12-13,17-19H,9-11,14-16H2,1H3,(H,29,30). The minimum atomic E-state index is -0.883. The molecular weight excluding hydrogens is 384 g/mol. The molecule has 0 aliphatic heterocycles. The summed E-state index contributed by atoms with van der Waals surface area (Å²) < 4.78 is 5.87. The van der Waals surface area contributed by atoms with Crippen LogP contribution in [0.2, 0.25) is 0 Å². The van der Waals surface area contributed by atoms with Gasteiger partial charge in [0.1, 0.15) is 5.75 Å². The number of hydrogen-bond acceptors (Lipinski definition) is 2. The van der Waals surface area contributed by atoms with Gasteiger partial charge in [-0.2, -0.15) is 0 Å². The van der Waals surface area contributed by atoms with Gasteiger partial charge in [0.2, 0.25) is 0 Å². The monoisotopic (exact) mass is 412 g/mol. The molecule has 0 heterocycles. The van der Waals surface area contributed by atoms with Crippen LogP contribution in [0.15, 0.2) is 54.6 Å². The van der Waals surface area contributed by atoms with Crippen LogP contribution in [0.25, 0.3) is 21.9 Å². The summed E-state index contributed by atoms with van der Waals surface area (Å²) in [5, 5.41) is 11.2. The molecule has 4 saturated carbocycles. The number of ether oxygens (including phenoxy) is 1. The van der Waals surface area contributed by atoms with E-state index < -0.39 is 5.97 Å². The predicted molar refractivity (Wildman–Crippen MR) is 123 cm³/mol. The minimum absolute atomic E-state index is 0.267. The highest BCUT2D eigenvalue weighted by atomic mass is 16.5. The van der Waals surface area contributed by atoms with E-state index in [-0.39, 0.29) is 5.41 Å². The number of carboxylic acid groups (broad SMARTS) is 1. The van der Waals surface area contributed by atoms with Crippen molar-refractivity contribution in [3.05, 3.63) is 65.7 Å². The van der Waals surface area contributed by atoms with E-state index >= 15 is 0 Å². The van der Waals surface area contributed by atoms with Gasteiger partial charge in [-0.1, -0.05) is 30.3 Å². The fourth-order valence-corrected chi connectivity index (χ4v) is 7.39. The van der Waals surface area contributed by atoms with Gasteiger partial charge in [-0.25, -0.2) is 4.79 Å². The molecule has 3 heteroatoms. The summed E-state index contributed by atoms with van der Waals surface area (Å²) in [6.07, 6.45) is 8.20. The van der Waals surface area contributed by atoms with Gasteiger partial charge in [0, 0.05) is 5.56 Å². The first-order valence-electron chi connectivity index (χ1n) is 11.5. The maximum absolute atomic E-state index is 11.6. The topological polar surface area (TPSA) is 46.5 Å². The molecule has 0 atom stereocenters. The molecule has 0 amide bonds. The smallest absolute Gasteiger partial charge is 0.336 e. The molecule has 0 unspecified atom stereocenters. The first-order chi connectivity index (χ1) is 15.0. The van der Waals surface area contributed by atoms with Gasteiger partial charge < -0.3 is 9.84 Å². The molecule has 3 aromatic carbocycles. The van der Waals surface area contributed by atoms with Crippen LogP contribution in [0.5, 0.6) is 5.75 Å². The fourth-order valence-electron chi connectivity index (χ4n) is 7.39. The Kier molecular flexibility index (Phi) is 4.18. The van der Waals surface area contributed by atoms with Crippen LogP contribution in [0.1, 0.15) is 54.4 Å². The Hall–Kier alpha value is -2.81. The van der Waals surface area contributed by atoms with Crippen molar-refractivity contribution in [1.82, 2.24) is 0 Å². The van der Waals surface area contributed by atoms with Gasteiger partial charge in [-0.3, -0.25) is 0 Å². The van der Waals surface area contributed by atoms with E-state index in [1.165, 1.54) is 49.7 Å². The molecule has 4 aliphatic rings. The number of carboxylic acids is 1. The summed E-state index contributed by atoms with van der Waals surface area (Å²) in [6, 6.07) is 18.3. The molecule has 3 nitrogen and oxygen atoms in total. The number of aromatic carboxylic acids is 1. The lowest BCUT2D eigenvalue weighted by molar-refractivity contribution is -0.00613. The largest absolute Gasteiger partial charge is 0.496 e. The molecule has 0 saturated heterocycles. The molecule has 31 heavy (non-hydrogen) atoms. The van der Waals surface area contributed by atoms with Gasteiger partial charge in [-0.05, 0) is 108 Å². The van der Waals surface area contributed by atoms with Crippen molar-refractivity contribution < 1.29 is 14.6 Å². The lowest BCUT2D eigenvalue weighted by Gasteiger charge is -2.57. The third kappa shape index (κ3) is 2.97. The Morgan fingerprint density at radius 2 is 1.55 bits per heavy atom. The number of benzene rings is 3. The number of methoxy groups -OCH3 is 1. The Morgan fingerprint density at radius 3 is 2.19 bits per heavy atom. The summed E-state index contributed by atoms with van der Waals surface area (Å²) in [6.45, 7) is 0. The van der Waals surface area contributed by atoms with E-state index in [1.54, 1.807) is 13.2 Å². The Labute approximate surface area is 183 Å². The summed E-state index contributed by atoms with van der Waals surface area (Å²) in [5.74, 6) is 2.80. The lowest BCUT2D eigenvalue weighted by atomic mass is 9.48. The van der Waals surface area contributed by atoms with Crippen molar-refractivity contribution >= 4 is 16.7 Å². The van der Waals surface area contributed by atoms with Crippen molar-refractivity contribution in [2.45, 2.75) is 43.9 Å². The van der Waals surface area contributed by atoms with Crippen molar-refractivity contribution in [3.8, 4) is 16.9 Å². The maximum atomic E-state index is 11.6. The molecule has 4 bridgehead atoms. The van der Waals surface area contributed by atoms with Crippen LogP contribution in [-0.4, -0.2) is 18.2 Å². The van der Waals surface area contributed by atoms with Crippen LogP contribution in [-0.2, 0) is 5.41 Å². The zero-order valence-electron chi connectivity index (χ0n) is 17.9. The summed E-state index contributed by atoms with van der Waals surface area (Å²) >= 11 is 0. The molecule has 4 fully saturated rings. The first kappa shape index (κ1) is 18.9. The van der Waals surface area contributed by atoms with Gasteiger partial charge in [0.05, 0.1) is 12.7 Å². The maximum Gasteiger partial charge on any atom is 0.336 e. The van der Waals surface area contributed by atoms with Crippen LogP contribution in [0.4, 0.5) is 0 Å². The molecule has 3 aromatic rings. The number of fused-ring (bicyclic) bond motifs is 1. The van der Waals surface area contributed by atoms with Crippen molar-refractivity contribution in [3.63, 3.8) is 0 Å². The average Bonchev–Trinajstić information content (AvgIpc) is 2.77. The molecule has 158 valence electrons. The minimum Gasteiger partial charge on any atom is -0.496 e. The normalized spacial score (nSPS) is 28.7. The number of carbonyl (C=O) groups is 1. The molecular formula is C28H28O3. The van der Waals surface area contributed by atoms with E-state index in [0.717, 1.165) is 39.8 Å². The number of hydrogen-bond donors (Lipinski definition) is 1. The summed E-state index contributed by atoms with van der Waals surface area (Å²) in [5.41, 5.74) is 4.33. The van der Waals surface area contributed by atoms with Crippen molar-refractivity contribution in [2.75, 3.05) is 7.11 Å². The van der Waals surface area contributed by atoms with Crippen LogP contribution >= 0.6 is 0 Å². The fraction of sp³-hybridized carbons (Fsp3) is 0.393. The molecule has 7 rings (SSSR count). The highest BCUT2D eigenvalue weighted by Crippen LogP contribution is 2.62. The van der Waals surface area contributed by atoms with Crippen molar-refractivity contribution in [1.29, 1.82) is 0 Å². The summed E-state index contributed by atoms with van der Waals surface area (Å²) in [7, 11) is 1.79. The second-order valence-corrected chi connectivity index (χ2v) is 10.2. The van der Waals surface area contributed by atoms with Crippen molar-refractivity contribution in [2.24, 2.45) is 17.8 Å².